The molecule has 1 N–H and O–H groups in total. The maximum absolute atomic E-state index is 12.6. The van der Waals surface area contributed by atoms with Gasteiger partial charge < -0.3 is 5.32 Å². The zero-order valence-electron chi connectivity index (χ0n) is 17.8. The van der Waals surface area contributed by atoms with E-state index in [1.54, 1.807) is 42.6 Å². The smallest absolute Gasteiger partial charge is 0.253 e. The van der Waals surface area contributed by atoms with Gasteiger partial charge in [0.15, 0.2) is 9.84 Å². The average molecular weight is 477 g/mol. The fraction of sp³-hybridized carbons (Fsp3) is 0.0769. The lowest BCUT2D eigenvalue weighted by atomic mass is 10.0. The van der Waals surface area contributed by atoms with Gasteiger partial charge in [-0.25, -0.2) is 8.42 Å². The molecular weight excluding hydrogens is 456 g/mol. The molecule has 1 heterocycles. The van der Waals surface area contributed by atoms with E-state index in [-0.39, 0.29) is 5.91 Å². The Morgan fingerprint density at radius 3 is 2.15 bits per heavy atom. The van der Waals surface area contributed by atoms with Gasteiger partial charge in [0.2, 0.25) is 0 Å². The van der Waals surface area contributed by atoms with Gasteiger partial charge in [-0.1, -0.05) is 60.1 Å². The van der Waals surface area contributed by atoms with Crippen LogP contribution in [-0.2, 0) is 16.4 Å². The number of carbonyl (C=O) groups is 1. The summed E-state index contributed by atoms with van der Waals surface area (Å²) in [6, 6.07) is 23.7. The van der Waals surface area contributed by atoms with Crippen molar-refractivity contribution in [3.63, 3.8) is 0 Å². The van der Waals surface area contributed by atoms with Crippen LogP contribution < -0.4 is 5.32 Å². The Hall–Kier alpha value is -3.48. The quantitative estimate of drug-likeness (QED) is 0.404. The minimum atomic E-state index is -3.22. The van der Waals surface area contributed by atoms with E-state index < -0.39 is 9.84 Å². The van der Waals surface area contributed by atoms with Gasteiger partial charge in [0.1, 0.15) is 0 Å². The number of hydrogen-bond donors (Lipinski definition) is 1. The molecule has 0 aliphatic rings. The van der Waals surface area contributed by atoms with Crippen LogP contribution in [0.15, 0.2) is 96.2 Å². The van der Waals surface area contributed by atoms with Gasteiger partial charge in [-0.05, 0) is 52.6 Å². The number of carbonyl (C=O) groups excluding carboxylic acids is 1. The number of nitrogens with one attached hydrogen (secondary N) is 1. The third-order valence-corrected chi connectivity index (χ3v) is 6.54. The van der Waals surface area contributed by atoms with Crippen LogP contribution in [0.3, 0.4) is 0 Å². The number of halogens is 1. The summed E-state index contributed by atoms with van der Waals surface area (Å²) >= 11 is 6.07. The summed E-state index contributed by atoms with van der Waals surface area (Å²) in [4.78, 5) is 17.1. The van der Waals surface area contributed by atoms with Crippen molar-refractivity contribution in [2.75, 3.05) is 6.26 Å². The third-order valence-electron chi connectivity index (χ3n) is 5.18. The zero-order chi connectivity index (χ0) is 23.4. The van der Waals surface area contributed by atoms with Crippen LogP contribution in [0.5, 0.6) is 0 Å². The molecule has 7 heteroatoms. The molecule has 0 aliphatic heterocycles. The summed E-state index contributed by atoms with van der Waals surface area (Å²) in [5, 5.41) is 3.54. The van der Waals surface area contributed by atoms with E-state index in [1.165, 1.54) is 12.5 Å². The number of aromatic nitrogens is 1. The van der Waals surface area contributed by atoms with Gasteiger partial charge in [-0.2, -0.15) is 0 Å². The van der Waals surface area contributed by atoms with Crippen molar-refractivity contribution in [2.45, 2.75) is 11.4 Å². The van der Waals surface area contributed by atoms with Gasteiger partial charge >= 0.3 is 0 Å². The standard InChI is InChI=1S/C26H21ClN2O3S/c1-33(31,32)25-11-9-20(10-12-25)19-7-5-18(6-8-19)15-29-26(30)23-13-22(16-28-17-23)21-3-2-4-24(27)14-21/h2-14,16-17H,15H2,1H3,(H,29,30). The van der Waals surface area contributed by atoms with Crippen molar-refractivity contribution in [3.05, 3.63) is 107 Å². The molecule has 3 aromatic carbocycles. The molecule has 0 unspecified atom stereocenters. The Kier molecular flexibility index (Phi) is 6.58. The molecule has 166 valence electrons. The molecule has 0 saturated carbocycles. The zero-order valence-corrected chi connectivity index (χ0v) is 19.4. The van der Waals surface area contributed by atoms with Crippen molar-refractivity contribution < 1.29 is 13.2 Å². The summed E-state index contributed by atoms with van der Waals surface area (Å²) in [5.74, 6) is -0.216. The van der Waals surface area contributed by atoms with Crippen molar-refractivity contribution in [1.82, 2.24) is 10.3 Å². The SMILES string of the molecule is CS(=O)(=O)c1ccc(-c2ccc(CNC(=O)c3cncc(-c4cccc(Cl)c4)c3)cc2)cc1. The number of rotatable bonds is 6. The molecule has 33 heavy (non-hydrogen) atoms. The first-order valence-electron chi connectivity index (χ1n) is 10.2. The van der Waals surface area contributed by atoms with Crippen LogP contribution >= 0.6 is 11.6 Å². The predicted molar refractivity (Wildman–Crippen MR) is 131 cm³/mol. The van der Waals surface area contributed by atoms with Crippen molar-refractivity contribution in [3.8, 4) is 22.3 Å². The molecule has 4 rings (SSSR count). The van der Waals surface area contributed by atoms with Crippen LogP contribution in [0.2, 0.25) is 5.02 Å². The maximum Gasteiger partial charge on any atom is 0.253 e. The molecule has 0 atom stereocenters. The number of nitrogens with zero attached hydrogens (tertiary/aromatic N) is 1. The van der Waals surface area contributed by atoms with E-state index in [4.69, 9.17) is 11.6 Å². The van der Waals surface area contributed by atoms with Crippen LogP contribution in [0, 0.1) is 0 Å². The number of sulfone groups is 1. The molecule has 0 fully saturated rings. The molecule has 5 nitrogen and oxygen atoms in total. The molecule has 0 radical (unpaired) electrons. The summed E-state index contributed by atoms with van der Waals surface area (Å²) < 4.78 is 23.2. The maximum atomic E-state index is 12.6. The second-order valence-corrected chi connectivity index (χ2v) is 10.1. The molecule has 0 aliphatic carbocycles. The van der Waals surface area contributed by atoms with Gasteiger partial charge in [0.05, 0.1) is 10.5 Å². The van der Waals surface area contributed by atoms with Gasteiger partial charge in [-0.15, -0.1) is 0 Å². The fourth-order valence-corrected chi connectivity index (χ4v) is 4.20. The van der Waals surface area contributed by atoms with E-state index >= 15 is 0 Å². The third kappa shape index (κ3) is 5.66. The lowest BCUT2D eigenvalue weighted by Gasteiger charge is -2.09. The minimum Gasteiger partial charge on any atom is -0.348 e. The van der Waals surface area contributed by atoms with E-state index in [0.717, 1.165) is 27.8 Å². The van der Waals surface area contributed by atoms with Crippen molar-refractivity contribution in [2.24, 2.45) is 0 Å². The predicted octanol–water partition coefficient (Wildman–Crippen LogP) is 5.40. The van der Waals surface area contributed by atoms with Crippen molar-refractivity contribution >= 4 is 27.3 Å². The molecule has 0 bridgehead atoms. The van der Waals surface area contributed by atoms with Crippen molar-refractivity contribution in [1.29, 1.82) is 0 Å². The summed E-state index contributed by atoms with van der Waals surface area (Å²) in [6.45, 7) is 0.369. The van der Waals surface area contributed by atoms with Gasteiger partial charge in [0, 0.05) is 35.8 Å². The first-order chi connectivity index (χ1) is 15.8. The average Bonchev–Trinajstić information content (AvgIpc) is 2.82. The van der Waals surface area contributed by atoms with Gasteiger partial charge in [-0.3, -0.25) is 9.78 Å². The fourth-order valence-electron chi connectivity index (χ4n) is 3.38. The summed E-state index contributed by atoms with van der Waals surface area (Å²) in [5.41, 5.74) is 5.00. The van der Waals surface area contributed by atoms with Crippen LogP contribution in [0.25, 0.3) is 22.3 Å². The number of amides is 1. The highest BCUT2D eigenvalue weighted by Crippen LogP contribution is 2.24. The van der Waals surface area contributed by atoms with E-state index in [1.807, 2.05) is 42.5 Å². The van der Waals surface area contributed by atoms with E-state index in [0.29, 0.717) is 22.0 Å². The first kappa shape index (κ1) is 22.7. The summed E-state index contributed by atoms with van der Waals surface area (Å²) in [6.07, 6.45) is 4.42. The highest BCUT2D eigenvalue weighted by atomic mass is 35.5. The molecule has 4 aromatic rings. The highest BCUT2D eigenvalue weighted by molar-refractivity contribution is 7.90. The van der Waals surface area contributed by atoms with Crippen LogP contribution in [0.4, 0.5) is 0 Å². The largest absolute Gasteiger partial charge is 0.348 e. The van der Waals surface area contributed by atoms with E-state index in [9.17, 15) is 13.2 Å². The molecular formula is C26H21ClN2O3S. The molecule has 0 saturated heterocycles. The molecule has 1 aromatic heterocycles. The number of benzene rings is 3. The van der Waals surface area contributed by atoms with E-state index in [2.05, 4.69) is 10.3 Å². The topological polar surface area (TPSA) is 76.1 Å². The first-order valence-corrected chi connectivity index (χ1v) is 12.5. The lowest BCUT2D eigenvalue weighted by Crippen LogP contribution is -2.22. The second-order valence-electron chi connectivity index (χ2n) is 7.65. The Morgan fingerprint density at radius 1 is 0.848 bits per heavy atom. The number of pyridine rings is 1. The Bertz CT molecular complexity index is 1400. The second kappa shape index (κ2) is 9.57. The normalized spacial score (nSPS) is 11.2. The monoisotopic (exact) mass is 476 g/mol. The molecule has 0 spiro atoms. The van der Waals surface area contributed by atoms with Gasteiger partial charge in [0.25, 0.3) is 5.91 Å². The summed E-state index contributed by atoms with van der Waals surface area (Å²) in [7, 11) is -3.22. The number of hydrogen-bond acceptors (Lipinski definition) is 4. The minimum absolute atomic E-state index is 0.216. The van der Waals surface area contributed by atoms with Crippen LogP contribution in [-0.4, -0.2) is 25.6 Å². The van der Waals surface area contributed by atoms with Crippen LogP contribution in [0.1, 0.15) is 15.9 Å². The molecule has 1 amide bonds. The Morgan fingerprint density at radius 2 is 1.52 bits per heavy atom. The Labute approximate surface area is 198 Å². The highest BCUT2D eigenvalue weighted by Gasteiger charge is 2.09. The Balaban J connectivity index is 1.41. The lowest BCUT2D eigenvalue weighted by molar-refractivity contribution is 0.0950.